The van der Waals surface area contributed by atoms with Gasteiger partial charge in [-0.3, -0.25) is 9.48 Å². The number of carbonyl (C=O) groups excluding carboxylic acids is 1. The smallest absolute Gasteiger partial charge is 0.271 e. The van der Waals surface area contributed by atoms with Crippen LogP contribution in [0.5, 0.6) is 0 Å². The number of rotatable bonds is 8. The van der Waals surface area contributed by atoms with E-state index in [0.29, 0.717) is 18.3 Å². The molecule has 2 rings (SSSR count). The van der Waals surface area contributed by atoms with Crippen molar-refractivity contribution >= 4 is 5.91 Å². The van der Waals surface area contributed by atoms with Gasteiger partial charge in [0, 0.05) is 32.5 Å². The first-order valence-corrected chi connectivity index (χ1v) is 7.93. The lowest BCUT2D eigenvalue weighted by atomic mass is 10.1. The average Bonchev–Trinajstić information content (AvgIpc) is 3.01. The summed E-state index contributed by atoms with van der Waals surface area (Å²) in [4.78, 5) is 12.0. The largest absolute Gasteiger partial charge is 0.382 e. The second-order valence-corrected chi connectivity index (χ2v) is 5.34. The molecule has 6 heteroatoms. The number of aromatic nitrogens is 2. The van der Waals surface area contributed by atoms with E-state index in [1.807, 2.05) is 17.8 Å². The molecule has 1 aliphatic rings. The van der Waals surface area contributed by atoms with E-state index in [1.165, 1.54) is 0 Å². The molecule has 118 valence electrons. The molecule has 1 aromatic heterocycles. The monoisotopic (exact) mass is 294 g/mol. The van der Waals surface area contributed by atoms with Crippen LogP contribution in [0.3, 0.4) is 0 Å². The van der Waals surface area contributed by atoms with Crippen LogP contribution in [0.15, 0.2) is 12.3 Å². The number of piperidine rings is 1. The van der Waals surface area contributed by atoms with Gasteiger partial charge < -0.3 is 15.4 Å². The zero-order valence-corrected chi connectivity index (χ0v) is 12.8. The van der Waals surface area contributed by atoms with E-state index in [1.54, 1.807) is 6.07 Å². The summed E-state index contributed by atoms with van der Waals surface area (Å²) in [5.74, 6) is -0.0890. The predicted octanol–water partition coefficient (Wildman–Crippen LogP) is 1.35. The normalized spacial score (nSPS) is 18.6. The summed E-state index contributed by atoms with van der Waals surface area (Å²) in [6.45, 7) is 6.17. The van der Waals surface area contributed by atoms with Crippen LogP contribution in [0.4, 0.5) is 0 Å². The van der Waals surface area contributed by atoms with Crippen molar-refractivity contribution in [1.29, 1.82) is 0 Å². The van der Waals surface area contributed by atoms with Crippen LogP contribution in [0.25, 0.3) is 0 Å². The minimum absolute atomic E-state index is 0.0890. The van der Waals surface area contributed by atoms with Crippen LogP contribution in [0, 0.1) is 0 Å². The van der Waals surface area contributed by atoms with E-state index in [-0.39, 0.29) is 5.91 Å². The van der Waals surface area contributed by atoms with Gasteiger partial charge in [-0.15, -0.1) is 0 Å². The topological polar surface area (TPSA) is 68.2 Å². The first-order chi connectivity index (χ1) is 10.3. The van der Waals surface area contributed by atoms with E-state index in [2.05, 4.69) is 15.7 Å². The summed E-state index contributed by atoms with van der Waals surface area (Å²) in [5.41, 5.74) is 0.505. The number of hydrogen-bond acceptors (Lipinski definition) is 4. The molecule has 1 fully saturated rings. The van der Waals surface area contributed by atoms with Crippen LogP contribution in [-0.2, 0) is 4.74 Å². The maximum atomic E-state index is 12.0. The van der Waals surface area contributed by atoms with E-state index in [4.69, 9.17) is 4.74 Å². The second kappa shape index (κ2) is 8.79. The number of nitrogens with one attached hydrogen (secondary N) is 2. The molecule has 1 aromatic rings. The van der Waals surface area contributed by atoms with Gasteiger partial charge in [0.25, 0.3) is 5.91 Å². The van der Waals surface area contributed by atoms with Crippen LogP contribution in [0.2, 0.25) is 0 Å². The summed E-state index contributed by atoms with van der Waals surface area (Å²) in [5, 5.41) is 10.7. The van der Waals surface area contributed by atoms with Crippen molar-refractivity contribution < 1.29 is 9.53 Å². The van der Waals surface area contributed by atoms with Crippen molar-refractivity contribution in [3.05, 3.63) is 18.0 Å². The Morgan fingerprint density at radius 3 is 3.24 bits per heavy atom. The zero-order chi connectivity index (χ0) is 14.9. The Kier molecular flexibility index (Phi) is 6.69. The van der Waals surface area contributed by atoms with Crippen LogP contribution in [-0.4, -0.2) is 48.5 Å². The lowest BCUT2D eigenvalue weighted by Crippen LogP contribution is -2.32. The van der Waals surface area contributed by atoms with Crippen molar-refractivity contribution in [3.8, 4) is 0 Å². The zero-order valence-electron chi connectivity index (χ0n) is 12.8. The molecule has 0 bridgehead atoms. The fraction of sp³-hybridized carbons (Fsp3) is 0.733. The molecule has 1 amide bonds. The first-order valence-electron chi connectivity index (χ1n) is 7.93. The third-order valence-electron chi connectivity index (χ3n) is 3.69. The molecule has 0 spiro atoms. The molecule has 6 nitrogen and oxygen atoms in total. The lowest BCUT2D eigenvalue weighted by molar-refractivity contribution is 0.0943. The maximum absolute atomic E-state index is 12.0. The molecule has 2 N–H and O–H groups in total. The quantitative estimate of drug-likeness (QED) is 0.710. The second-order valence-electron chi connectivity index (χ2n) is 5.34. The number of ether oxygens (including phenoxy) is 1. The van der Waals surface area contributed by atoms with E-state index in [0.717, 1.165) is 52.0 Å². The van der Waals surface area contributed by atoms with Gasteiger partial charge in [-0.25, -0.2) is 0 Å². The van der Waals surface area contributed by atoms with Gasteiger partial charge in [0.1, 0.15) is 5.69 Å². The lowest BCUT2D eigenvalue weighted by Gasteiger charge is -2.22. The SMILES string of the molecule is CCOCCCCNC(=O)c1ccn(C2CCCNC2)n1. The number of amides is 1. The van der Waals surface area contributed by atoms with Gasteiger partial charge in [0.05, 0.1) is 6.04 Å². The molecule has 2 heterocycles. The van der Waals surface area contributed by atoms with Crippen molar-refractivity contribution in [3.63, 3.8) is 0 Å². The highest BCUT2D eigenvalue weighted by atomic mass is 16.5. The molecular weight excluding hydrogens is 268 g/mol. The number of nitrogens with zero attached hydrogens (tertiary/aromatic N) is 2. The summed E-state index contributed by atoms with van der Waals surface area (Å²) in [6, 6.07) is 2.16. The van der Waals surface area contributed by atoms with Crippen LogP contribution < -0.4 is 10.6 Å². The summed E-state index contributed by atoms with van der Waals surface area (Å²) in [6.07, 6.45) is 6.08. The molecule has 1 atom stereocenters. The van der Waals surface area contributed by atoms with Crippen molar-refractivity contribution in [2.75, 3.05) is 32.8 Å². The third-order valence-corrected chi connectivity index (χ3v) is 3.69. The highest BCUT2D eigenvalue weighted by molar-refractivity contribution is 5.92. The van der Waals surface area contributed by atoms with E-state index in [9.17, 15) is 4.79 Å². The van der Waals surface area contributed by atoms with Gasteiger partial charge in [0.2, 0.25) is 0 Å². The van der Waals surface area contributed by atoms with Gasteiger partial charge in [-0.2, -0.15) is 5.10 Å². The third kappa shape index (κ3) is 5.13. The maximum Gasteiger partial charge on any atom is 0.271 e. The average molecular weight is 294 g/mol. The Morgan fingerprint density at radius 2 is 2.48 bits per heavy atom. The van der Waals surface area contributed by atoms with Gasteiger partial charge in [-0.05, 0) is 45.2 Å². The van der Waals surface area contributed by atoms with Gasteiger partial charge in [0.15, 0.2) is 0 Å². The molecule has 0 aromatic carbocycles. The molecule has 21 heavy (non-hydrogen) atoms. The summed E-state index contributed by atoms with van der Waals surface area (Å²) < 4.78 is 7.17. The fourth-order valence-electron chi connectivity index (χ4n) is 2.49. The number of unbranched alkanes of at least 4 members (excludes halogenated alkanes) is 1. The van der Waals surface area contributed by atoms with Gasteiger partial charge in [-0.1, -0.05) is 0 Å². The van der Waals surface area contributed by atoms with Crippen molar-refractivity contribution in [2.24, 2.45) is 0 Å². The molecular formula is C15H26N4O2. The molecule has 0 aliphatic carbocycles. The first kappa shape index (κ1) is 16.0. The van der Waals surface area contributed by atoms with E-state index >= 15 is 0 Å². The van der Waals surface area contributed by atoms with Crippen LogP contribution in [0.1, 0.15) is 49.1 Å². The standard InChI is InChI=1S/C15H26N4O2/c1-2-21-11-4-3-9-17-15(20)14-7-10-19(18-14)13-6-5-8-16-12-13/h7,10,13,16H,2-6,8-9,11-12H2,1H3,(H,17,20). The van der Waals surface area contributed by atoms with Crippen molar-refractivity contribution in [2.45, 2.75) is 38.6 Å². The molecule has 0 saturated carbocycles. The Morgan fingerprint density at radius 1 is 1.57 bits per heavy atom. The van der Waals surface area contributed by atoms with E-state index < -0.39 is 0 Å². The fourth-order valence-corrected chi connectivity index (χ4v) is 2.49. The molecule has 1 unspecified atom stereocenters. The van der Waals surface area contributed by atoms with Gasteiger partial charge >= 0.3 is 0 Å². The number of hydrogen-bond donors (Lipinski definition) is 2. The van der Waals surface area contributed by atoms with Crippen molar-refractivity contribution in [1.82, 2.24) is 20.4 Å². The molecule has 1 saturated heterocycles. The Hall–Kier alpha value is -1.40. The molecule has 1 aliphatic heterocycles. The summed E-state index contributed by atoms with van der Waals surface area (Å²) >= 11 is 0. The minimum Gasteiger partial charge on any atom is -0.382 e. The minimum atomic E-state index is -0.0890. The molecule has 0 radical (unpaired) electrons. The predicted molar refractivity (Wildman–Crippen MR) is 81.4 cm³/mol. The Balaban J connectivity index is 1.71. The summed E-state index contributed by atoms with van der Waals surface area (Å²) in [7, 11) is 0. The van der Waals surface area contributed by atoms with Crippen LogP contribution >= 0.6 is 0 Å². The Labute approximate surface area is 126 Å². The Bertz CT molecular complexity index is 427. The highest BCUT2D eigenvalue weighted by Crippen LogP contribution is 2.15. The number of carbonyl (C=O) groups is 1. The highest BCUT2D eigenvalue weighted by Gasteiger charge is 2.17.